The average molecular weight is 256 g/mol. The van der Waals surface area contributed by atoms with Gasteiger partial charge in [-0.2, -0.15) is 0 Å². The van der Waals surface area contributed by atoms with E-state index in [2.05, 4.69) is 10.2 Å². The van der Waals surface area contributed by atoms with Crippen LogP contribution in [0.5, 0.6) is 0 Å². The van der Waals surface area contributed by atoms with E-state index in [1.807, 2.05) is 13.8 Å². The molecule has 0 atom stereocenters. The fourth-order valence-corrected chi connectivity index (χ4v) is 1.92. The average Bonchev–Trinajstić information content (AvgIpc) is 2.73. The lowest BCUT2D eigenvalue weighted by atomic mass is 10.2. The first kappa shape index (κ1) is 13.6. The Morgan fingerprint density at radius 2 is 2.00 bits per heavy atom. The summed E-state index contributed by atoms with van der Waals surface area (Å²) in [5.74, 6) is -0.377. The van der Waals surface area contributed by atoms with Crippen LogP contribution < -0.4 is 10.6 Å². The highest BCUT2D eigenvalue weighted by molar-refractivity contribution is 7.15. The molecule has 0 aliphatic carbocycles. The van der Waals surface area contributed by atoms with Crippen molar-refractivity contribution in [2.45, 2.75) is 32.6 Å². The summed E-state index contributed by atoms with van der Waals surface area (Å²) in [6, 6.07) is 0. The molecule has 1 aromatic rings. The molecule has 2 N–H and O–H groups in total. The quantitative estimate of drug-likeness (QED) is 0.847. The van der Waals surface area contributed by atoms with Crippen LogP contribution in [0, 0.1) is 0 Å². The minimum Gasteiger partial charge on any atom is -0.370 e. The number of anilines is 1. The van der Waals surface area contributed by atoms with Gasteiger partial charge in [0, 0.05) is 25.8 Å². The molecule has 0 fully saturated rings. The number of hydrogen-bond donors (Lipinski definition) is 1. The molecular formula is C10H16N4O2S. The molecule has 1 heterocycles. The predicted molar refractivity (Wildman–Crippen MR) is 65.8 cm³/mol. The van der Waals surface area contributed by atoms with E-state index in [4.69, 9.17) is 5.73 Å². The number of rotatable bonds is 5. The Morgan fingerprint density at radius 1 is 1.35 bits per heavy atom. The fraction of sp³-hybridized carbons (Fsp3) is 0.600. The van der Waals surface area contributed by atoms with Crippen LogP contribution in [0.4, 0.5) is 5.13 Å². The first-order valence-corrected chi connectivity index (χ1v) is 6.11. The summed E-state index contributed by atoms with van der Waals surface area (Å²) in [4.78, 5) is 23.7. The topological polar surface area (TPSA) is 89.2 Å². The van der Waals surface area contributed by atoms with Gasteiger partial charge in [0.25, 0.3) is 0 Å². The van der Waals surface area contributed by atoms with Crippen LogP contribution in [-0.2, 0) is 9.59 Å². The Balaban J connectivity index is 2.64. The van der Waals surface area contributed by atoms with Gasteiger partial charge in [0.1, 0.15) is 5.01 Å². The molecule has 0 radical (unpaired) electrons. The van der Waals surface area contributed by atoms with Crippen LogP contribution in [0.25, 0.3) is 0 Å². The minimum atomic E-state index is -0.480. The normalized spacial score (nSPS) is 10.6. The Labute approximate surface area is 104 Å². The summed E-state index contributed by atoms with van der Waals surface area (Å²) in [6.45, 7) is 4.03. The molecule has 1 aromatic heterocycles. The third kappa shape index (κ3) is 3.77. The molecule has 2 amide bonds. The van der Waals surface area contributed by atoms with Crippen LogP contribution >= 0.6 is 11.3 Å². The molecule has 0 bridgehead atoms. The smallest absolute Gasteiger partial charge is 0.229 e. The standard InChI is InChI=1S/C10H16N4O2S/c1-6(2)9-12-13-10(17-9)14(3)8(16)5-4-7(11)15/h6H,4-5H2,1-3H3,(H2,11,15). The summed E-state index contributed by atoms with van der Waals surface area (Å²) in [5, 5.41) is 9.37. The zero-order chi connectivity index (χ0) is 13.0. The van der Waals surface area contributed by atoms with Crippen molar-refractivity contribution in [3.63, 3.8) is 0 Å². The first-order valence-electron chi connectivity index (χ1n) is 5.30. The van der Waals surface area contributed by atoms with Crippen LogP contribution in [0.15, 0.2) is 0 Å². The maximum atomic E-state index is 11.7. The van der Waals surface area contributed by atoms with Gasteiger partial charge in [0.2, 0.25) is 16.9 Å². The van der Waals surface area contributed by atoms with Gasteiger partial charge >= 0.3 is 0 Å². The summed E-state index contributed by atoms with van der Waals surface area (Å²) >= 11 is 1.38. The maximum Gasteiger partial charge on any atom is 0.229 e. The van der Waals surface area contributed by atoms with E-state index in [0.717, 1.165) is 5.01 Å². The molecule has 0 aliphatic heterocycles. The third-order valence-electron chi connectivity index (χ3n) is 2.17. The van der Waals surface area contributed by atoms with E-state index >= 15 is 0 Å². The molecule has 7 heteroatoms. The van der Waals surface area contributed by atoms with Crippen LogP contribution in [0.2, 0.25) is 0 Å². The zero-order valence-corrected chi connectivity index (χ0v) is 11.0. The van der Waals surface area contributed by atoms with Crippen molar-refractivity contribution in [3.8, 4) is 0 Å². The minimum absolute atomic E-state index is 0.0546. The second-order valence-electron chi connectivity index (χ2n) is 4.00. The van der Waals surface area contributed by atoms with E-state index in [1.165, 1.54) is 16.2 Å². The molecule has 0 unspecified atom stereocenters. The molecule has 0 saturated carbocycles. The van der Waals surface area contributed by atoms with Crippen LogP contribution in [-0.4, -0.2) is 29.1 Å². The first-order chi connectivity index (χ1) is 7.91. The lowest BCUT2D eigenvalue weighted by Crippen LogP contribution is -2.27. The molecule has 0 aromatic carbocycles. The number of nitrogens with zero attached hydrogens (tertiary/aromatic N) is 3. The second-order valence-corrected chi connectivity index (χ2v) is 4.98. The lowest BCUT2D eigenvalue weighted by Gasteiger charge is -2.11. The number of carbonyl (C=O) groups excluding carboxylic acids is 2. The largest absolute Gasteiger partial charge is 0.370 e. The highest BCUT2D eigenvalue weighted by Crippen LogP contribution is 2.25. The SMILES string of the molecule is CC(C)c1nnc(N(C)C(=O)CCC(N)=O)s1. The number of aromatic nitrogens is 2. The molecule has 0 aliphatic rings. The number of nitrogens with two attached hydrogens (primary N) is 1. The number of amides is 2. The summed E-state index contributed by atoms with van der Waals surface area (Å²) in [6.07, 6.45) is 0.154. The van der Waals surface area contributed by atoms with E-state index in [-0.39, 0.29) is 24.7 Å². The Morgan fingerprint density at radius 3 is 2.47 bits per heavy atom. The van der Waals surface area contributed by atoms with Gasteiger partial charge in [-0.3, -0.25) is 14.5 Å². The second kappa shape index (κ2) is 5.72. The highest BCUT2D eigenvalue weighted by atomic mass is 32.1. The van der Waals surface area contributed by atoms with Crippen molar-refractivity contribution in [1.82, 2.24) is 10.2 Å². The van der Waals surface area contributed by atoms with Gasteiger partial charge in [-0.1, -0.05) is 25.2 Å². The van der Waals surface area contributed by atoms with Crippen molar-refractivity contribution >= 4 is 28.3 Å². The molecule has 1 rings (SSSR count). The molecule has 17 heavy (non-hydrogen) atoms. The van der Waals surface area contributed by atoms with Crippen LogP contribution in [0.3, 0.4) is 0 Å². The highest BCUT2D eigenvalue weighted by Gasteiger charge is 2.17. The van der Waals surface area contributed by atoms with Crippen molar-refractivity contribution in [1.29, 1.82) is 0 Å². The van der Waals surface area contributed by atoms with Crippen molar-refractivity contribution in [2.24, 2.45) is 5.73 Å². The number of hydrogen-bond acceptors (Lipinski definition) is 5. The van der Waals surface area contributed by atoms with E-state index in [0.29, 0.717) is 5.13 Å². The van der Waals surface area contributed by atoms with Gasteiger partial charge in [-0.05, 0) is 0 Å². The molecule has 94 valence electrons. The monoisotopic (exact) mass is 256 g/mol. The molecule has 0 spiro atoms. The predicted octanol–water partition coefficient (Wildman–Crippen LogP) is 0.890. The Kier molecular flexibility index (Phi) is 4.56. The van der Waals surface area contributed by atoms with Crippen molar-refractivity contribution in [3.05, 3.63) is 5.01 Å². The van der Waals surface area contributed by atoms with Crippen molar-refractivity contribution in [2.75, 3.05) is 11.9 Å². The van der Waals surface area contributed by atoms with Gasteiger partial charge in [0.05, 0.1) is 0 Å². The lowest BCUT2D eigenvalue weighted by molar-refractivity contribution is -0.123. The van der Waals surface area contributed by atoms with E-state index < -0.39 is 5.91 Å². The summed E-state index contributed by atoms with van der Waals surface area (Å²) in [7, 11) is 1.62. The fourth-order valence-electron chi connectivity index (χ4n) is 1.10. The third-order valence-corrected chi connectivity index (χ3v) is 3.47. The Bertz CT molecular complexity index is 416. The van der Waals surface area contributed by atoms with E-state index in [1.54, 1.807) is 7.05 Å². The van der Waals surface area contributed by atoms with Gasteiger partial charge < -0.3 is 5.73 Å². The van der Waals surface area contributed by atoms with Gasteiger partial charge in [0.15, 0.2) is 0 Å². The number of primary amides is 1. The van der Waals surface area contributed by atoms with Gasteiger partial charge in [-0.15, -0.1) is 10.2 Å². The van der Waals surface area contributed by atoms with Gasteiger partial charge in [-0.25, -0.2) is 0 Å². The van der Waals surface area contributed by atoms with Crippen molar-refractivity contribution < 1.29 is 9.59 Å². The number of carbonyl (C=O) groups is 2. The maximum absolute atomic E-state index is 11.7. The molecular weight excluding hydrogens is 240 g/mol. The Hall–Kier alpha value is -1.50. The molecule has 0 saturated heterocycles. The van der Waals surface area contributed by atoms with Crippen LogP contribution in [0.1, 0.15) is 37.6 Å². The zero-order valence-electron chi connectivity index (χ0n) is 10.1. The molecule has 6 nitrogen and oxygen atoms in total. The summed E-state index contributed by atoms with van der Waals surface area (Å²) < 4.78 is 0. The summed E-state index contributed by atoms with van der Waals surface area (Å²) in [5.41, 5.74) is 4.99. The van der Waals surface area contributed by atoms with E-state index in [9.17, 15) is 9.59 Å².